The molecule has 1 amide bonds. The molecule has 0 radical (unpaired) electrons. The molecule has 0 aliphatic rings. The molecule has 0 spiro atoms. The molecule has 38 heavy (non-hydrogen) atoms. The van der Waals surface area contributed by atoms with Crippen LogP contribution in [-0.2, 0) is 13.0 Å². The predicted molar refractivity (Wildman–Crippen MR) is 135 cm³/mol. The SMILES string of the molecule is Nc1nc(-n2nc(Cc3c(F)ccc(F)c3F)c3cc(-c4ccccc4)ccc32)nc(N)c1CNC(=O)O. The fourth-order valence-electron chi connectivity index (χ4n) is 4.12. The van der Waals surface area contributed by atoms with Gasteiger partial charge in [0.2, 0.25) is 0 Å². The van der Waals surface area contributed by atoms with Gasteiger partial charge in [-0.2, -0.15) is 19.7 Å². The van der Waals surface area contributed by atoms with Crippen LogP contribution < -0.4 is 16.8 Å². The molecule has 0 aliphatic carbocycles. The summed E-state index contributed by atoms with van der Waals surface area (Å²) in [4.78, 5) is 19.3. The van der Waals surface area contributed by atoms with Crippen molar-refractivity contribution in [3.05, 3.63) is 94.9 Å². The number of fused-ring (bicyclic) bond motifs is 1. The quantitative estimate of drug-likeness (QED) is 0.243. The van der Waals surface area contributed by atoms with Crippen molar-refractivity contribution in [2.45, 2.75) is 13.0 Å². The first-order valence-corrected chi connectivity index (χ1v) is 11.3. The van der Waals surface area contributed by atoms with Gasteiger partial charge in [-0.05, 0) is 35.4 Å². The van der Waals surface area contributed by atoms with E-state index in [0.717, 1.165) is 23.3 Å². The first-order chi connectivity index (χ1) is 18.2. The zero-order valence-corrected chi connectivity index (χ0v) is 19.6. The van der Waals surface area contributed by atoms with Crippen LogP contribution in [0.2, 0.25) is 0 Å². The Morgan fingerprint density at radius 3 is 2.26 bits per heavy atom. The third-order valence-electron chi connectivity index (χ3n) is 6.01. The second kappa shape index (κ2) is 9.73. The van der Waals surface area contributed by atoms with Crippen molar-refractivity contribution in [3.8, 4) is 17.1 Å². The van der Waals surface area contributed by atoms with Gasteiger partial charge >= 0.3 is 6.09 Å². The maximum Gasteiger partial charge on any atom is 0.404 e. The molecule has 3 aromatic carbocycles. The number of nitrogens with one attached hydrogen (secondary N) is 1. The maximum atomic E-state index is 14.5. The number of carbonyl (C=O) groups is 1. The molecule has 0 unspecified atom stereocenters. The Balaban J connectivity index is 1.68. The molecule has 9 nitrogen and oxygen atoms in total. The van der Waals surface area contributed by atoms with Crippen LogP contribution in [0.3, 0.4) is 0 Å². The van der Waals surface area contributed by atoms with E-state index in [1.807, 2.05) is 36.4 Å². The summed E-state index contributed by atoms with van der Waals surface area (Å²) in [7, 11) is 0. The number of anilines is 2. The summed E-state index contributed by atoms with van der Waals surface area (Å²) >= 11 is 0. The molecule has 0 saturated heterocycles. The highest BCUT2D eigenvalue weighted by atomic mass is 19.2. The number of nitrogens with zero attached hydrogens (tertiary/aromatic N) is 4. The number of carboxylic acid groups (broad SMARTS) is 1. The minimum atomic E-state index is -1.30. The van der Waals surface area contributed by atoms with Crippen LogP contribution in [0.5, 0.6) is 0 Å². The van der Waals surface area contributed by atoms with Crippen molar-refractivity contribution in [3.63, 3.8) is 0 Å². The van der Waals surface area contributed by atoms with Gasteiger partial charge in [0.05, 0.1) is 23.3 Å². The van der Waals surface area contributed by atoms with Crippen LogP contribution in [0.4, 0.5) is 29.6 Å². The smallest absolute Gasteiger partial charge is 0.404 e. The third-order valence-corrected chi connectivity index (χ3v) is 6.01. The molecule has 0 bridgehead atoms. The van der Waals surface area contributed by atoms with Crippen LogP contribution in [-0.4, -0.2) is 30.9 Å². The number of nitrogen functional groups attached to an aromatic ring is 2. The van der Waals surface area contributed by atoms with E-state index in [4.69, 9.17) is 16.6 Å². The molecule has 0 atom stereocenters. The van der Waals surface area contributed by atoms with Gasteiger partial charge in [-0.3, -0.25) is 0 Å². The topological polar surface area (TPSA) is 145 Å². The Kier molecular flexibility index (Phi) is 6.29. The zero-order valence-electron chi connectivity index (χ0n) is 19.6. The monoisotopic (exact) mass is 519 g/mol. The lowest BCUT2D eigenvalue weighted by molar-refractivity contribution is 0.194. The van der Waals surface area contributed by atoms with Crippen LogP contribution >= 0.6 is 0 Å². The van der Waals surface area contributed by atoms with Crippen molar-refractivity contribution in [1.82, 2.24) is 25.1 Å². The molecule has 5 aromatic rings. The summed E-state index contributed by atoms with van der Waals surface area (Å²) in [6.07, 6.45) is -1.63. The van der Waals surface area contributed by atoms with E-state index in [-0.39, 0.29) is 41.8 Å². The van der Waals surface area contributed by atoms with E-state index in [1.54, 1.807) is 12.1 Å². The normalized spacial score (nSPS) is 11.1. The van der Waals surface area contributed by atoms with E-state index in [1.165, 1.54) is 4.68 Å². The molecule has 5 rings (SSSR count). The van der Waals surface area contributed by atoms with Gasteiger partial charge in [-0.1, -0.05) is 36.4 Å². The fourth-order valence-corrected chi connectivity index (χ4v) is 4.12. The third kappa shape index (κ3) is 4.54. The van der Waals surface area contributed by atoms with E-state index in [0.29, 0.717) is 10.9 Å². The highest BCUT2D eigenvalue weighted by Crippen LogP contribution is 2.31. The average molecular weight is 519 g/mol. The van der Waals surface area contributed by atoms with Gasteiger partial charge in [-0.15, -0.1) is 0 Å². The number of hydrogen-bond donors (Lipinski definition) is 4. The van der Waals surface area contributed by atoms with Crippen molar-refractivity contribution >= 4 is 28.6 Å². The van der Waals surface area contributed by atoms with Crippen molar-refractivity contribution in [2.75, 3.05) is 11.5 Å². The summed E-state index contributed by atoms with van der Waals surface area (Å²) in [5.74, 6) is -3.57. The summed E-state index contributed by atoms with van der Waals surface area (Å²) in [5, 5.41) is 16.0. The van der Waals surface area contributed by atoms with Gasteiger partial charge in [0.25, 0.3) is 5.95 Å². The second-order valence-electron chi connectivity index (χ2n) is 8.39. The lowest BCUT2D eigenvalue weighted by Gasteiger charge is -2.10. The standard InChI is InChI=1S/C26H20F3N7O2/c27-18-7-8-19(28)22(29)15(18)11-20-16-10-14(13-4-2-1-3-5-13)6-9-21(16)36(35-20)25-33-23(30)17(24(31)34-25)12-32-26(37)38/h1-10,32H,11-12H2,(H,37,38)(H4,30,31,33,34). The number of rotatable bonds is 6. The highest BCUT2D eigenvalue weighted by molar-refractivity contribution is 5.88. The molecule has 0 aliphatic heterocycles. The maximum absolute atomic E-state index is 14.5. The molecular formula is C26H20F3N7O2. The number of benzene rings is 3. The van der Waals surface area contributed by atoms with E-state index >= 15 is 0 Å². The Labute approximate surface area is 213 Å². The average Bonchev–Trinajstić information content (AvgIpc) is 3.26. The fraction of sp³-hybridized carbons (Fsp3) is 0.0769. The number of hydrogen-bond acceptors (Lipinski definition) is 6. The molecule has 192 valence electrons. The van der Waals surface area contributed by atoms with E-state index in [2.05, 4.69) is 20.4 Å². The molecule has 2 heterocycles. The largest absolute Gasteiger partial charge is 0.465 e. The number of nitrogens with two attached hydrogens (primary N) is 2. The van der Waals surface area contributed by atoms with E-state index in [9.17, 15) is 18.0 Å². The Morgan fingerprint density at radius 1 is 0.895 bits per heavy atom. The van der Waals surface area contributed by atoms with Crippen molar-refractivity contribution in [1.29, 1.82) is 0 Å². The van der Waals surface area contributed by atoms with Gasteiger partial charge in [-0.25, -0.2) is 18.0 Å². The Morgan fingerprint density at radius 2 is 1.58 bits per heavy atom. The predicted octanol–water partition coefficient (Wildman–Crippen LogP) is 4.42. The van der Waals surface area contributed by atoms with Crippen LogP contribution in [0.25, 0.3) is 28.0 Å². The Bertz CT molecular complexity index is 1670. The first kappa shape index (κ1) is 24.6. The van der Waals surface area contributed by atoms with Gasteiger partial charge in [0.15, 0.2) is 11.6 Å². The minimum Gasteiger partial charge on any atom is -0.465 e. The second-order valence-corrected chi connectivity index (χ2v) is 8.39. The molecule has 6 N–H and O–H groups in total. The molecule has 2 aromatic heterocycles. The lowest BCUT2D eigenvalue weighted by Crippen LogP contribution is -2.23. The minimum absolute atomic E-state index is 0.0389. The molecule has 0 saturated carbocycles. The summed E-state index contributed by atoms with van der Waals surface area (Å²) in [5.41, 5.74) is 14.2. The lowest BCUT2D eigenvalue weighted by atomic mass is 10.0. The van der Waals surface area contributed by atoms with Crippen LogP contribution in [0, 0.1) is 17.5 Å². The first-order valence-electron chi connectivity index (χ1n) is 11.3. The Hall–Kier alpha value is -5.13. The van der Waals surface area contributed by atoms with Crippen LogP contribution in [0.1, 0.15) is 16.8 Å². The van der Waals surface area contributed by atoms with E-state index < -0.39 is 29.1 Å². The zero-order chi connectivity index (χ0) is 27.0. The van der Waals surface area contributed by atoms with Crippen molar-refractivity contribution < 1.29 is 23.1 Å². The van der Waals surface area contributed by atoms with Crippen molar-refractivity contribution in [2.24, 2.45) is 0 Å². The van der Waals surface area contributed by atoms with Gasteiger partial charge in [0, 0.05) is 17.4 Å². The molecular weight excluding hydrogens is 499 g/mol. The van der Waals surface area contributed by atoms with Crippen LogP contribution in [0.15, 0.2) is 60.7 Å². The molecule has 12 heteroatoms. The highest BCUT2D eigenvalue weighted by Gasteiger charge is 2.21. The van der Waals surface area contributed by atoms with Gasteiger partial charge < -0.3 is 21.9 Å². The number of aromatic nitrogens is 4. The molecule has 0 fully saturated rings. The number of amides is 1. The summed E-state index contributed by atoms with van der Waals surface area (Å²) in [6, 6.07) is 16.4. The summed E-state index contributed by atoms with van der Waals surface area (Å²) in [6.45, 7) is -0.211. The van der Waals surface area contributed by atoms with Gasteiger partial charge in [0.1, 0.15) is 17.5 Å². The summed E-state index contributed by atoms with van der Waals surface area (Å²) < 4.78 is 44.3. The number of halogens is 3.